The van der Waals surface area contributed by atoms with Crippen LogP contribution in [0.4, 0.5) is 28.8 Å². The van der Waals surface area contributed by atoms with Crippen LogP contribution < -0.4 is 21.3 Å². The van der Waals surface area contributed by atoms with Crippen molar-refractivity contribution in [1.82, 2.24) is 20.3 Å². The number of nitrogens with one attached hydrogen (secondary N) is 4. The van der Waals surface area contributed by atoms with E-state index in [1.165, 1.54) is 16.8 Å². The Morgan fingerprint density at radius 1 is 0.967 bits per heavy atom. The fourth-order valence-corrected chi connectivity index (χ4v) is 4.07. The zero-order chi connectivity index (χ0) is 20.3. The summed E-state index contributed by atoms with van der Waals surface area (Å²) in [6.45, 7) is 4.17. The van der Waals surface area contributed by atoms with Crippen LogP contribution in [0.25, 0.3) is 0 Å². The van der Waals surface area contributed by atoms with Crippen molar-refractivity contribution in [1.29, 1.82) is 0 Å². The number of benzene rings is 1. The van der Waals surface area contributed by atoms with Gasteiger partial charge in [-0.2, -0.15) is 4.98 Å². The first kappa shape index (κ1) is 18.8. The SMILES string of the molecule is Cc1cnc2nc1Nc1ccc(NC3CCNCC3)c(c1)CCc1cncc(c1)N2. The molecule has 2 aromatic heterocycles. The minimum absolute atomic E-state index is 0.520. The first-order chi connectivity index (χ1) is 14.7. The lowest BCUT2D eigenvalue weighted by Crippen LogP contribution is -2.35. The number of fused-ring (bicyclic) bond motifs is 6. The fraction of sp³-hybridized carbons (Fsp3) is 0.348. The molecule has 0 spiro atoms. The zero-order valence-electron chi connectivity index (χ0n) is 17.2. The van der Waals surface area contributed by atoms with Gasteiger partial charge in [-0.3, -0.25) is 4.98 Å². The number of anilines is 5. The van der Waals surface area contributed by atoms with Crippen molar-refractivity contribution in [2.75, 3.05) is 29.0 Å². The van der Waals surface area contributed by atoms with Gasteiger partial charge in [-0.15, -0.1) is 0 Å². The van der Waals surface area contributed by atoms with E-state index in [1.54, 1.807) is 0 Å². The van der Waals surface area contributed by atoms with Crippen LogP contribution in [0.2, 0.25) is 0 Å². The Kier molecular flexibility index (Phi) is 5.19. The second-order valence-corrected chi connectivity index (χ2v) is 8.10. The summed E-state index contributed by atoms with van der Waals surface area (Å²) in [6.07, 6.45) is 9.75. The molecule has 3 aromatic rings. The number of hydrogen-bond acceptors (Lipinski definition) is 7. The van der Waals surface area contributed by atoms with Gasteiger partial charge in [-0.25, -0.2) is 4.98 Å². The van der Waals surface area contributed by atoms with E-state index in [-0.39, 0.29) is 0 Å². The Labute approximate surface area is 176 Å². The van der Waals surface area contributed by atoms with Crippen molar-refractivity contribution < 1.29 is 0 Å². The molecule has 5 rings (SSSR count). The topological polar surface area (TPSA) is 86.8 Å². The predicted octanol–water partition coefficient (Wildman–Crippen LogP) is 3.93. The fourth-order valence-electron chi connectivity index (χ4n) is 4.07. The molecule has 154 valence electrons. The lowest BCUT2D eigenvalue weighted by atomic mass is 10.0. The summed E-state index contributed by atoms with van der Waals surface area (Å²) < 4.78 is 0. The molecule has 0 atom stereocenters. The number of rotatable bonds is 2. The highest BCUT2D eigenvalue weighted by Gasteiger charge is 2.15. The molecule has 6 bridgehead atoms. The summed E-state index contributed by atoms with van der Waals surface area (Å²) in [5.74, 6) is 1.37. The maximum atomic E-state index is 4.67. The van der Waals surface area contributed by atoms with E-state index in [4.69, 9.17) is 0 Å². The van der Waals surface area contributed by atoms with Gasteiger partial charge in [0.1, 0.15) is 5.82 Å². The van der Waals surface area contributed by atoms with Crippen molar-refractivity contribution in [3.05, 3.63) is 59.5 Å². The lowest BCUT2D eigenvalue weighted by Gasteiger charge is -2.26. The Morgan fingerprint density at radius 3 is 2.77 bits per heavy atom. The van der Waals surface area contributed by atoms with Gasteiger partial charge in [-0.1, -0.05) is 0 Å². The number of piperidine rings is 1. The van der Waals surface area contributed by atoms with E-state index in [0.717, 1.165) is 61.5 Å². The Balaban J connectivity index is 1.52. The molecule has 1 fully saturated rings. The van der Waals surface area contributed by atoms with Crippen molar-refractivity contribution in [3.8, 4) is 0 Å². The molecule has 0 radical (unpaired) electrons. The molecule has 7 nitrogen and oxygen atoms in total. The molecule has 0 aliphatic carbocycles. The molecule has 0 amide bonds. The van der Waals surface area contributed by atoms with Gasteiger partial charge >= 0.3 is 0 Å². The third-order valence-corrected chi connectivity index (χ3v) is 5.77. The monoisotopic (exact) mass is 401 g/mol. The normalized spacial score (nSPS) is 16.3. The molecule has 2 aliphatic heterocycles. The van der Waals surface area contributed by atoms with E-state index in [9.17, 15) is 0 Å². The van der Waals surface area contributed by atoms with Gasteiger partial charge < -0.3 is 21.3 Å². The highest BCUT2D eigenvalue weighted by molar-refractivity contribution is 5.67. The average molecular weight is 402 g/mol. The molecule has 4 heterocycles. The number of hydrogen-bond donors (Lipinski definition) is 4. The first-order valence-electron chi connectivity index (χ1n) is 10.6. The maximum absolute atomic E-state index is 4.67. The molecular weight excluding hydrogens is 374 g/mol. The van der Waals surface area contributed by atoms with Gasteiger partial charge in [0, 0.05) is 35.4 Å². The smallest absolute Gasteiger partial charge is 0.229 e. The van der Waals surface area contributed by atoms with Crippen molar-refractivity contribution >= 4 is 28.8 Å². The zero-order valence-corrected chi connectivity index (χ0v) is 17.2. The van der Waals surface area contributed by atoms with E-state index < -0.39 is 0 Å². The Hall–Kier alpha value is -3.19. The summed E-state index contributed by atoms with van der Waals surface area (Å²) in [4.78, 5) is 13.5. The summed E-state index contributed by atoms with van der Waals surface area (Å²) in [6, 6.07) is 9.22. The molecular formula is C23H27N7. The average Bonchev–Trinajstić information content (AvgIpc) is 2.77. The van der Waals surface area contributed by atoms with Crippen molar-refractivity contribution in [3.63, 3.8) is 0 Å². The summed E-state index contributed by atoms with van der Waals surface area (Å²) in [5.41, 5.74) is 6.67. The number of aryl methyl sites for hydroxylation is 3. The van der Waals surface area contributed by atoms with Crippen LogP contribution in [0.15, 0.2) is 42.9 Å². The minimum Gasteiger partial charge on any atom is -0.382 e. The predicted molar refractivity (Wildman–Crippen MR) is 121 cm³/mol. The molecule has 7 heteroatoms. The van der Waals surface area contributed by atoms with Crippen molar-refractivity contribution in [2.45, 2.75) is 38.6 Å². The Morgan fingerprint density at radius 2 is 1.87 bits per heavy atom. The number of aromatic nitrogens is 3. The van der Waals surface area contributed by atoms with Crippen LogP contribution in [-0.4, -0.2) is 34.1 Å². The highest BCUT2D eigenvalue weighted by Crippen LogP contribution is 2.28. The van der Waals surface area contributed by atoms with E-state index in [1.807, 2.05) is 25.5 Å². The van der Waals surface area contributed by atoms with E-state index in [2.05, 4.69) is 60.5 Å². The van der Waals surface area contributed by atoms with Gasteiger partial charge in [0.2, 0.25) is 5.95 Å². The quantitative estimate of drug-likeness (QED) is 0.518. The number of pyridine rings is 1. The van der Waals surface area contributed by atoms with Crippen LogP contribution in [0.3, 0.4) is 0 Å². The van der Waals surface area contributed by atoms with Crippen LogP contribution in [0.5, 0.6) is 0 Å². The largest absolute Gasteiger partial charge is 0.382 e. The molecule has 2 aliphatic rings. The molecule has 1 saturated heterocycles. The maximum Gasteiger partial charge on any atom is 0.229 e. The molecule has 4 N–H and O–H groups in total. The summed E-state index contributed by atoms with van der Waals surface area (Å²) >= 11 is 0. The van der Waals surface area contributed by atoms with Gasteiger partial charge in [0.25, 0.3) is 0 Å². The van der Waals surface area contributed by atoms with Gasteiger partial charge in [0.15, 0.2) is 0 Å². The standard InChI is InChI=1S/C23H27N7/c1-15-12-26-23-29-20-10-16(13-25-14-20)2-3-17-11-19(28-22(15)30-23)4-5-21(17)27-18-6-8-24-9-7-18/h4-5,10-14,18,24,27H,2-3,6-9H2,1H3,(H2,26,28,29,30). The molecule has 0 unspecified atom stereocenters. The third-order valence-electron chi connectivity index (χ3n) is 5.77. The third kappa shape index (κ3) is 4.21. The van der Waals surface area contributed by atoms with E-state index in [0.29, 0.717) is 12.0 Å². The summed E-state index contributed by atoms with van der Waals surface area (Å²) in [5, 5.41) is 14.0. The molecule has 0 saturated carbocycles. The Bertz CT molecular complexity index is 1040. The summed E-state index contributed by atoms with van der Waals surface area (Å²) in [7, 11) is 0. The second-order valence-electron chi connectivity index (χ2n) is 8.10. The second kappa shape index (κ2) is 8.28. The van der Waals surface area contributed by atoms with Crippen molar-refractivity contribution in [2.24, 2.45) is 0 Å². The minimum atomic E-state index is 0.520. The van der Waals surface area contributed by atoms with Gasteiger partial charge in [0.05, 0.1) is 11.9 Å². The van der Waals surface area contributed by atoms with Gasteiger partial charge in [-0.05, 0) is 81.1 Å². The van der Waals surface area contributed by atoms with Crippen LogP contribution in [-0.2, 0) is 12.8 Å². The first-order valence-corrected chi connectivity index (χ1v) is 10.6. The lowest BCUT2D eigenvalue weighted by molar-refractivity contribution is 0.479. The van der Waals surface area contributed by atoms with E-state index >= 15 is 0 Å². The van der Waals surface area contributed by atoms with Crippen LogP contribution >= 0.6 is 0 Å². The van der Waals surface area contributed by atoms with Crippen LogP contribution in [0, 0.1) is 6.92 Å². The number of nitrogens with zero attached hydrogens (tertiary/aromatic N) is 3. The van der Waals surface area contributed by atoms with Crippen LogP contribution in [0.1, 0.15) is 29.5 Å². The highest BCUT2D eigenvalue weighted by atomic mass is 15.1. The molecule has 1 aromatic carbocycles. The molecule has 30 heavy (non-hydrogen) atoms.